The smallest absolute Gasteiger partial charge is 0.203 e. The van der Waals surface area contributed by atoms with Gasteiger partial charge < -0.3 is 19.3 Å². The van der Waals surface area contributed by atoms with E-state index in [4.69, 9.17) is 14.2 Å². The van der Waals surface area contributed by atoms with Crippen LogP contribution in [-0.2, 0) is 9.53 Å². The molecule has 4 atom stereocenters. The van der Waals surface area contributed by atoms with Crippen molar-refractivity contribution in [3.63, 3.8) is 0 Å². The lowest BCUT2D eigenvalue weighted by Gasteiger charge is -2.34. The Morgan fingerprint density at radius 1 is 1.24 bits per heavy atom. The molecule has 0 unspecified atom stereocenters. The molecular formula is C20H24O5. The molecule has 2 aliphatic carbocycles. The molecule has 2 bridgehead atoms. The molecular weight excluding hydrogens is 320 g/mol. The predicted octanol–water partition coefficient (Wildman–Crippen LogP) is 2.84. The highest BCUT2D eigenvalue weighted by Crippen LogP contribution is 2.57. The Labute approximate surface area is 147 Å². The number of Topliss-reactive ketones (excluding diaryl/α,β-unsaturated/α-hetero) is 1. The van der Waals surface area contributed by atoms with Gasteiger partial charge in [-0.15, -0.1) is 6.58 Å². The summed E-state index contributed by atoms with van der Waals surface area (Å²) in [6.45, 7) is 3.82. The van der Waals surface area contributed by atoms with Crippen LogP contribution in [0.3, 0.4) is 0 Å². The van der Waals surface area contributed by atoms with Crippen molar-refractivity contribution >= 4 is 5.78 Å². The van der Waals surface area contributed by atoms with E-state index >= 15 is 0 Å². The van der Waals surface area contributed by atoms with Crippen LogP contribution in [0.25, 0.3) is 0 Å². The minimum absolute atomic E-state index is 0.119. The summed E-state index contributed by atoms with van der Waals surface area (Å²) >= 11 is 0. The van der Waals surface area contributed by atoms with Crippen molar-refractivity contribution in [2.24, 2.45) is 11.3 Å². The van der Waals surface area contributed by atoms with Crippen LogP contribution in [0.2, 0.25) is 0 Å². The van der Waals surface area contributed by atoms with E-state index < -0.39 is 17.4 Å². The van der Waals surface area contributed by atoms with Gasteiger partial charge in [0, 0.05) is 5.41 Å². The van der Waals surface area contributed by atoms with Crippen LogP contribution in [0.5, 0.6) is 11.5 Å². The zero-order chi connectivity index (χ0) is 18.2. The highest BCUT2D eigenvalue weighted by Gasteiger charge is 2.58. The molecule has 1 saturated carbocycles. The normalized spacial score (nSPS) is 30.6. The summed E-state index contributed by atoms with van der Waals surface area (Å²) < 4.78 is 16.0. The van der Waals surface area contributed by atoms with E-state index in [1.165, 1.54) is 7.11 Å². The predicted molar refractivity (Wildman–Crippen MR) is 93.7 cm³/mol. The standard InChI is InChI=1S/C20H24O5/c1-5-8-20-10-13(12-6-7-14(23-2)15(9-12)24-3)17(19(20)22)18(21)16(11-20)25-4/h5-7,9,11,13,17,19,22H,1,8,10H2,2-4H3/t13-,17-,19-,20+/m0/s1. The average molecular weight is 344 g/mol. The molecule has 2 aliphatic rings. The van der Waals surface area contributed by atoms with Crippen LogP contribution in [-0.4, -0.2) is 38.3 Å². The van der Waals surface area contributed by atoms with Gasteiger partial charge in [-0.2, -0.15) is 0 Å². The van der Waals surface area contributed by atoms with Crippen LogP contribution in [0.4, 0.5) is 0 Å². The quantitative estimate of drug-likeness (QED) is 0.804. The first-order valence-corrected chi connectivity index (χ1v) is 8.33. The first-order chi connectivity index (χ1) is 12.0. The molecule has 0 aliphatic heterocycles. The van der Waals surface area contributed by atoms with Gasteiger partial charge in [0.15, 0.2) is 17.3 Å². The van der Waals surface area contributed by atoms with Gasteiger partial charge in [-0.25, -0.2) is 0 Å². The molecule has 1 N–H and O–H groups in total. The van der Waals surface area contributed by atoms with Gasteiger partial charge in [0.1, 0.15) is 0 Å². The number of aliphatic hydroxyl groups is 1. The van der Waals surface area contributed by atoms with E-state index in [-0.39, 0.29) is 11.7 Å². The molecule has 1 fully saturated rings. The van der Waals surface area contributed by atoms with Gasteiger partial charge in [-0.1, -0.05) is 12.1 Å². The lowest BCUT2D eigenvalue weighted by atomic mass is 9.74. The number of allylic oxidation sites excluding steroid dienone is 2. The van der Waals surface area contributed by atoms with Gasteiger partial charge in [0.25, 0.3) is 0 Å². The number of benzene rings is 1. The Bertz CT molecular complexity index is 723. The second kappa shape index (κ2) is 6.56. The average Bonchev–Trinajstić information content (AvgIpc) is 2.83. The Morgan fingerprint density at radius 2 is 1.96 bits per heavy atom. The second-order valence-electron chi connectivity index (χ2n) is 6.70. The molecule has 25 heavy (non-hydrogen) atoms. The number of aliphatic hydroxyl groups excluding tert-OH is 1. The van der Waals surface area contributed by atoms with Crippen molar-refractivity contribution in [1.29, 1.82) is 0 Å². The summed E-state index contributed by atoms with van der Waals surface area (Å²) in [7, 11) is 4.66. The summed E-state index contributed by atoms with van der Waals surface area (Å²) in [6, 6.07) is 5.65. The largest absolute Gasteiger partial charge is 0.493 e. The molecule has 1 aromatic carbocycles. The fourth-order valence-electron chi connectivity index (χ4n) is 4.30. The minimum atomic E-state index is -0.755. The molecule has 5 heteroatoms. The summed E-state index contributed by atoms with van der Waals surface area (Å²) in [6.07, 6.45) is 4.07. The number of fused-ring (bicyclic) bond motifs is 2. The number of ketones is 1. The molecule has 0 heterocycles. The Kier molecular flexibility index (Phi) is 4.60. The highest BCUT2D eigenvalue weighted by atomic mass is 16.5. The van der Waals surface area contributed by atoms with Crippen LogP contribution < -0.4 is 9.47 Å². The van der Waals surface area contributed by atoms with Crippen molar-refractivity contribution in [3.8, 4) is 11.5 Å². The number of rotatable bonds is 6. The number of carbonyl (C=O) groups is 1. The van der Waals surface area contributed by atoms with Gasteiger partial charge >= 0.3 is 0 Å². The van der Waals surface area contributed by atoms with Crippen LogP contribution in [0.15, 0.2) is 42.7 Å². The van der Waals surface area contributed by atoms with Crippen molar-refractivity contribution in [2.75, 3.05) is 21.3 Å². The van der Waals surface area contributed by atoms with E-state index in [9.17, 15) is 9.90 Å². The number of carbonyl (C=O) groups excluding carboxylic acids is 1. The Morgan fingerprint density at radius 3 is 2.56 bits per heavy atom. The zero-order valence-electron chi connectivity index (χ0n) is 14.8. The fraction of sp³-hybridized carbons (Fsp3) is 0.450. The van der Waals surface area contributed by atoms with Gasteiger partial charge in [-0.3, -0.25) is 4.79 Å². The molecule has 0 spiro atoms. The van der Waals surface area contributed by atoms with E-state index in [1.807, 2.05) is 18.2 Å². The first kappa shape index (κ1) is 17.5. The van der Waals surface area contributed by atoms with E-state index in [0.29, 0.717) is 30.1 Å². The molecule has 5 nitrogen and oxygen atoms in total. The lowest BCUT2D eigenvalue weighted by Crippen LogP contribution is -2.40. The maximum Gasteiger partial charge on any atom is 0.203 e. The molecule has 1 aromatic rings. The third-order valence-corrected chi connectivity index (χ3v) is 5.51. The maximum atomic E-state index is 12.8. The summed E-state index contributed by atoms with van der Waals surface area (Å²) in [5.74, 6) is 0.785. The second-order valence-corrected chi connectivity index (χ2v) is 6.70. The third-order valence-electron chi connectivity index (χ3n) is 5.51. The Hall–Kier alpha value is -2.27. The zero-order valence-corrected chi connectivity index (χ0v) is 14.8. The number of methoxy groups -OCH3 is 3. The van der Waals surface area contributed by atoms with Crippen molar-refractivity contribution in [2.45, 2.75) is 24.9 Å². The van der Waals surface area contributed by atoms with E-state index in [1.54, 1.807) is 26.4 Å². The minimum Gasteiger partial charge on any atom is -0.493 e. The van der Waals surface area contributed by atoms with Crippen LogP contribution >= 0.6 is 0 Å². The number of ether oxygens (including phenoxy) is 3. The van der Waals surface area contributed by atoms with Gasteiger partial charge in [0.05, 0.1) is 33.4 Å². The van der Waals surface area contributed by atoms with Crippen LogP contribution in [0.1, 0.15) is 24.3 Å². The van der Waals surface area contributed by atoms with E-state index in [2.05, 4.69) is 6.58 Å². The third kappa shape index (κ3) is 2.63. The SMILES string of the molecule is C=CC[C@]12C=C(OC)C(=O)[C@H]([C@H](c3ccc(OC)c(OC)c3)C1)[C@@H]2O. The summed E-state index contributed by atoms with van der Waals surface area (Å²) in [4.78, 5) is 12.8. The number of hydrogen-bond donors (Lipinski definition) is 1. The van der Waals surface area contributed by atoms with Gasteiger partial charge in [-0.05, 0) is 42.5 Å². The van der Waals surface area contributed by atoms with E-state index in [0.717, 1.165) is 5.56 Å². The number of hydrogen-bond acceptors (Lipinski definition) is 5. The fourth-order valence-corrected chi connectivity index (χ4v) is 4.30. The molecule has 3 rings (SSSR count). The van der Waals surface area contributed by atoms with Crippen molar-refractivity contribution in [3.05, 3.63) is 48.3 Å². The summed E-state index contributed by atoms with van der Waals surface area (Å²) in [5.41, 5.74) is 0.426. The monoisotopic (exact) mass is 344 g/mol. The van der Waals surface area contributed by atoms with Crippen molar-refractivity contribution in [1.82, 2.24) is 0 Å². The molecule has 0 amide bonds. The molecule has 134 valence electrons. The lowest BCUT2D eigenvalue weighted by molar-refractivity contribution is -0.128. The van der Waals surface area contributed by atoms with Crippen LogP contribution in [0, 0.1) is 11.3 Å². The highest BCUT2D eigenvalue weighted by molar-refractivity contribution is 5.98. The summed E-state index contributed by atoms with van der Waals surface area (Å²) in [5, 5.41) is 10.9. The maximum absolute atomic E-state index is 12.8. The van der Waals surface area contributed by atoms with Gasteiger partial charge in [0.2, 0.25) is 5.78 Å². The molecule has 0 saturated heterocycles. The first-order valence-electron chi connectivity index (χ1n) is 8.33. The topological polar surface area (TPSA) is 65.0 Å². The Balaban J connectivity index is 2.06. The van der Waals surface area contributed by atoms with Crippen molar-refractivity contribution < 1.29 is 24.1 Å². The molecule has 0 aromatic heterocycles. The molecule has 0 radical (unpaired) electrons.